The first-order valence-electron chi connectivity index (χ1n) is 7.48. The second-order valence-electron chi connectivity index (χ2n) is 5.58. The molecule has 1 aliphatic carbocycles. The van der Waals surface area contributed by atoms with Gasteiger partial charge < -0.3 is 10.5 Å². The van der Waals surface area contributed by atoms with Crippen molar-refractivity contribution in [2.45, 2.75) is 65.0 Å². The van der Waals surface area contributed by atoms with E-state index in [4.69, 9.17) is 15.5 Å². The van der Waals surface area contributed by atoms with Gasteiger partial charge in [-0.3, -0.25) is 0 Å². The van der Waals surface area contributed by atoms with Crippen LogP contribution in [-0.4, -0.2) is 11.6 Å². The minimum absolute atomic E-state index is 0.144. The summed E-state index contributed by atoms with van der Waals surface area (Å²) in [6, 6.07) is 0. The van der Waals surface area contributed by atoms with Crippen LogP contribution >= 0.6 is 11.3 Å². The van der Waals surface area contributed by atoms with Gasteiger partial charge in [0.25, 0.3) is 0 Å². The Labute approximate surface area is 120 Å². The molecule has 3 nitrogen and oxygen atoms in total. The Hall–Kier alpha value is -0.450. The maximum Gasteiger partial charge on any atom is 0.125 e. The average molecular weight is 282 g/mol. The predicted molar refractivity (Wildman–Crippen MR) is 80.3 cm³/mol. The van der Waals surface area contributed by atoms with Gasteiger partial charge in [-0.2, -0.15) is 0 Å². The molecule has 1 aromatic rings. The maximum atomic E-state index is 6.19. The molecule has 1 aromatic heterocycles. The Morgan fingerprint density at radius 2 is 2.26 bits per heavy atom. The molecule has 0 amide bonds. The lowest BCUT2D eigenvalue weighted by Crippen LogP contribution is -2.35. The van der Waals surface area contributed by atoms with Gasteiger partial charge in [-0.1, -0.05) is 20.3 Å². The third-order valence-electron chi connectivity index (χ3n) is 4.06. The summed E-state index contributed by atoms with van der Waals surface area (Å²) in [5, 5.41) is 1.17. The van der Waals surface area contributed by atoms with E-state index in [2.05, 4.69) is 20.8 Å². The third kappa shape index (κ3) is 3.01. The maximum absolute atomic E-state index is 6.19. The van der Waals surface area contributed by atoms with Crippen molar-refractivity contribution in [2.24, 2.45) is 11.7 Å². The third-order valence-corrected chi connectivity index (χ3v) is 5.37. The molecule has 4 heteroatoms. The summed E-state index contributed by atoms with van der Waals surface area (Å²) in [5.41, 5.74) is 6.87. The summed E-state index contributed by atoms with van der Waals surface area (Å²) >= 11 is 1.77. The van der Waals surface area contributed by atoms with Crippen LogP contribution < -0.4 is 5.73 Å². The molecule has 0 radical (unpaired) electrons. The minimum Gasteiger partial charge on any atom is -0.368 e. The molecule has 1 aliphatic rings. The lowest BCUT2D eigenvalue weighted by molar-refractivity contribution is -0.0821. The normalized spacial score (nSPS) is 27.7. The van der Waals surface area contributed by atoms with Gasteiger partial charge in [0.1, 0.15) is 10.6 Å². The van der Waals surface area contributed by atoms with Crippen molar-refractivity contribution < 1.29 is 4.74 Å². The van der Waals surface area contributed by atoms with Crippen molar-refractivity contribution in [1.82, 2.24) is 4.98 Å². The van der Waals surface area contributed by atoms with Gasteiger partial charge in [-0.05, 0) is 38.5 Å². The lowest BCUT2D eigenvalue weighted by Gasteiger charge is -2.38. The largest absolute Gasteiger partial charge is 0.368 e. The second kappa shape index (κ2) is 6.33. The molecule has 0 aromatic carbocycles. The number of thiazole rings is 1. The molecule has 0 spiro atoms. The van der Waals surface area contributed by atoms with Crippen LogP contribution in [0.5, 0.6) is 0 Å². The van der Waals surface area contributed by atoms with E-state index in [1.165, 1.54) is 28.4 Å². The van der Waals surface area contributed by atoms with E-state index in [0.717, 1.165) is 31.8 Å². The van der Waals surface area contributed by atoms with Crippen molar-refractivity contribution in [3.05, 3.63) is 15.6 Å². The molecule has 0 bridgehead atoms. The highest BCUT2D eigenvalue weighted by atomic mass is 32.1. The number of nitrogens with zero attached hydrogens (tertiary/aromatic N) is 1. The number of hydrogen-bond donors (Lipinski definition) is 1. The highest BCUT2D eigenvalue weighted by Gasteiger charge is 2.40. The molecule has 1 saturated carbocycles. The van der Waals surface area contributed by atoms with Crippen LogP contribution in [0.2, 0.25) is 0 Å². The van der Waals surface area contributed by atoms with E-state index in [9.17, 15) is 0 Å². The van der Waals surface area contributed by atoms with Crippen molar-refractivity contribution in [2.75, 3.05) is 6.61 Å². The van der Waals surface area contributed by atoms with Crippen molar-refractivity contribution in [3.8, 4) is 0 Å². The number of aryl methyl sites for hydroxylation is 1. The van der Waals surface area contributed by atoms with Gasteiger partial charge in [0, 0.05) is 18.0 Å². The second-order valence-corrected chi connectivity index (χ2v) is 6.66. The summed E-state index contributed by atoms with van der Waals surface area (Å²) < 4.78 is 6.19. The molecule has 19 heavy (non-hydrogen) atoms. The summed E-state index contributed by atoms with van der Waals surface area (Å²) in [6.07, 6.45) is 5.71. The minimum atomic E-state index is -0.144. The molecule has 2 rings (SSSR count). The number of ether oxygens (including phenoxy) is 1. The highest BCUT2D eigenvalue weighted by Crippen LogP contribution is 2.44. The van der Waals surface area contributed by atoms with Crippen LogP contribution in [0.3, 0.4) is 0 Å². The summed E-state index contributed by atoms with van der Waals surface area (Å²) in [4.78, 5) is 6.09. The SMILES string of the molecule is CCOC1(c2nc(CC)c(CN)s2)CCCC(C)C1. The monoisotopic (exact) mass is 282 g/mol. The Kier molecular flexibility index (Phi) is 4.98. The van der Waals surface area contributed by atoms with Crippen molar-refractivity contribution in [1.29, 1.82) is 0 Å². The zero-order chi connectivity index (χ0) is 13.9. The van der Waals surface area contributed by atoms with E-state index < -0.39 is 0 Å². The van der Waals surface area contributed by atoms with Crippen molar-refractivity contribution >= 4 is 11.3 Å². The molecule has 2 N–H and O–H groups in total. The highest BCUT2D eigenvalue weighted by molar-refractivity contribution is 7.11. The number of nitrogens with two attached hydrogens (primary N) is 1. The van der Waals surface area contributed by atoms with E-state index in [0.29, 0.717) is 6.54 Å². The molecular weight excluding hydrogens is 256 g/mol. The molecule has 0 aliphatic heterocycles. The van der Waals surface area contributed by atoms with Crippen LogP contribution in [0, 0.1) is 5.92 Å². The summed E-state index contributed by atoms with van der Waals surface area (Å²) in [5.74, 6) is 0.718. The molecule has 108 valence electrons. The van der Waals surface area contributed by atoms with Crippen LogP contribution in [0.25, 0.3) is 0 Å². The Morgan fingerprint density at radius 1 is 1.47 bits per heavy atom. The smallest absolute Gasteiger partial charge is 0.125 e. The standard InChI is InChI=1S/C15H26N2OS/c1-4-12-13(10-16)19-14(17-12)15(18-5-2)8-6-7-11(3)9-15/h11H,4-10,16H2,1-3H3. The van der Waals surface area contributed by atoms with Crippen LogP contribution in [0.15, 0.2) is 0 Å². The topological polar surface area (TPSA) is 48.1 Å². The van der Waals surface area contributed by atoms with Crippen LogP contribution in [0.1, 0.15) is 62.0 Å². The van der Waals surface area contributed by atoms with Gasteiger partial charge in [0.15, 0.2) is 0 Å². The summed E-state index contributed by atoms with van der Waals surface area (Å²) in [7, 11) is 0. The first-order chi connectivity index (χ1) is 9.15. The Bertz CT molecular complexity index is 393. The van der Waals surface area contributed by atoms with E-state index in [1.54, 1.807) is 11.3 Å². The Balaban J connectivity index is 2.35. The summed E-state index contributed by atoms with van der Waals surface area (Å²) in [6.45, 7) is 7.91. The van der Waals surface area contributed by atoms with Crippen molar-refractivity contribution in [3.63, 3.8) is 0 Å². The predicted octanol–water partition coefficient (Wildman–Crippen LogP) is 3.61. The Morgan fingerprint density at radius 3 is 2.79 bits per heavy atom. The quantitative estimate of drug-likeness (QED) is 0.897. The van der Waals surface area contributed by atoms with Gasteiger partial charge >= 0.3 is 0 Å². The first kappa shape index (κ1) is 14.9. The molecule has 2 unspecified atom stereocenters. The molecule has 0 saturated heterocycles. The van der Waals surface area contributed by atoms with E-state index in [1.807, 2.05) is 0 Å². The fraction of sp³-hybridized carbons (Fsp3) is 0.800. The van der Waals surface area contributed by atoms with E-state index >= 15 is 0 Å². The molecule has 2 atom stereocenters. The van der Waals surface area contributed by atoms with Gasteiger partial charge in [0.05, 0.1) is 5.69 Å². The van der Waals surface area contributed by atoms with Crippen LogP contribution in [-0.2, 0) is 23.3 Å². The first-order valence-corrected chi connectivity index (χ1v) is 8.30. The molecule has 1 fully saturated rings. The number of rotatable bonds is 5. The zero-order valence-corrected chi connectivity index (χ0v) is 13.2. The van der Waals surface area contributed by atoms with Gasteiger partial charge in [0.2, 0.25) is 0 Å². The molecular formula is C15H26N2OS. The fourth-order valence-corrected chi connectivity index (χ4v) is 4.39. The van der Waals surface area contributed by atoms with Gasteiger partial charge in [-0.25, -0.2) is 4.98 Å². The number of hydrogen-bond acceptors (Lipinski definition) is 4. The average Bonchev–Trinajstić information content (AvgIpc) is 2.83. The number of aromatic nitrogens is 1. The van der Waals surface area contributed by atoms with E-state index in [-0.39, 0.29) is 5.60 Å². The fourth-order valence-electron chi connectivity index (χ4n) is 3.18. The van der Waals surface area contributed by atoms with Crippen LogP contribution in [0.4, 0.5) is 0 Å². The lowest BCUT2D eigenvalue weighted by atomic mass is 9.79. The zero-order valence-electron chi connectivity index (χ0n) is 12.4. The van der Waals surface area contributed by atoms with Gasteiger partial charge in [-0.15, -0.1) is 11.3 Å². The molecule has 1 heterocycles.